The zero-order valence-corrected chi connectivity index (χ0v) is 16.6. The number of ether oxygens (including phenoxy) is 1. The van der Waals surface area contributed by atoms with E-state index in [9.17, 15) is 4.79 Å². The minimum absolute atomic E-state index is 0.266. The number of allylic oxidation sites excluding steroid dienone is 2. The number of carbonyl (C=O) groups excluding carboxylic acids is 1. The third-order valence-corrected chi connectivity index (χ3v) is 6.02. The van der Waals surface area contributed by atoms with E-state index in [0.29, 0.717) is 12.5 Å². The molecular weight excluding hydrogens is 350 g/mol. The molecule has 28 heavy (non-hydrogen) atoms. The van der Waals surface area contributed by atoms with Crippen LogP contribution < -0.4 is 5.73 Å². The fourth-order valence-corrected chi connectivity index (χ4v) is 3.95. The molecule has 2 heterocycles. The van der Waals surface area contributed by atoms with E-state index in [1.54, 1.807) is 0 Å². The number of benzene rings is 1. The first-order chi connectivity index (χ1) is 13.7. The molecule has 2 N–H and O–H groups in total. The minimum atomic E-state index is 0.266. The first-order valence-corrected chi connectivity index (χ1v) is 10.5. The zero-order chi connectivity index (χ0) is 19.3. The molecule has 1 aromatic rings. The Labute approximate surface area is 167 Å². The summed E-state index contributed by atoms with van der Waals surface area (Å²) in [5.74, 6) is 0.813. The first-order valence-electron chi connectivity index (χ1n) is 10.5. The molecule has 1 amide bonds. The van der Waals surface area contributed by atoms with Crippen LogP contribution in [0.15, 0.2) is 35.9 Å². The molecule has 5 heteroatoms. The van der Waals surface area contributed by atoms with Crippen molar-refractivity contribution < 1.29 is 9.53 Å². The third kappa shape index (κ3) is 5.03. The van der Waals surface area contributed by atoms with E-state index in [-0.39, 0.29) is 5.91 Å². The molecule has 2 saturated heterocycles. The van der Waals surface area contributed by atoms with E-state index in [1.807, 2.05) is 4.90 Å². The highest BCUT2D eigenvalue weighted by atomic mass is 16.5. The first kappa shape index (κ1) is 19.2. The number of amides is 1. The minimum Gasteiger partial charge on any atom is -0.398 e. The van der Waals surface area contributed by atoms with Crippen molar-refractivity contribution in [2.75, 3.05) is 45.9 Å². The van der Waals surface area contributed by atoms with Crippen molar-refractivity contribution in [1.82, 2.24) is 9.80 Å². The smallest absolute Gasteiger partial charge is 0.236 e. The Morgan fingerprint density at radius 1 is 1.07 bits per heavy atom. The Bertz CT molecular complexity index is 734. The number of piperidine rings is 1. The highest BCUT2D eigenvalue weighted by Gasteiger charge is 2.23. The lowest BCUT2D eigenvalue weighted by Gasteiger charge is -2.33. The molecule has 0 spiro atoms. The monoisotopic (exact) mass is 381 g/mol. The molecule has 0 bridgehead atoms. The van der Waals surface area contributed by atoms with Gasteiger partial charge in [0.1, 0.15) is 0 Å². The number of hydrogen-bond donors (Lipinski definition) is 1. The lowest BCUT2D eigenvalue weighted by Crippen LogP contribution is -2.46. The van der Waals surface area contributed by atoms with Crippen molar-refractivity contribution in [3.8, 4) is 0 Å². The van der Waals surface area contributed by atoms with E-state index in [4.69, 9.17) is 10.5 Å². The second-order valence-electron chi connectivity index (χ2n) is 8.11. The van der Waals surface area contributed by atoms with E-state index >= 15 is 0 Å². The summed E-state index contributed by atoms with van der Waals surface area (Å²) >= 11 is 0. The highest BCUT2D eigenvalue weighted by Crippen LogP contribution is 2.33. The van der Waals surface area contributed by atoms with Crippen LogP contribution in [0.5, 0.6) is 0 Å². The summed E-state index contributed by atoms with van der Waals surface area (Å²) in [7, 11) is 0. The number of morpholine rings is 1. The molecule has 1 aromatic carbocycles. The van der Waals surface area contributed by atoms with Gasteiger partial charge in [-0.05, 0) is 48.3 Å². The quantitative estimate of drug-likeness (QED) is 0.852. The van der Waals surface area contributed by atoms with Gasteiger partial charge in [-0.1, -0.05) is 36.4 Å². The number of nitrogens with two attached hydrogens (primary N) is 1. The normalized spacial score (nSPS) is 21.3. The van der Waals surface area contributed by atoms with Crippen molar-refractivity contribution >= 4 is 17.7 Å². The molecule has 3 fully saturated rings. The second kappa shape index (κ2) is 8.93. The predicted molar refractivity (Wildman–Crippen MR) is 112 cm³/mol. The average Bonchev–Trinajstić information content (AvgIpc) is 3.59. The Kier molecular flexibility index (Phi) is 6.13. The molecule has 3 aliphatic rings. The number of rotatable bonds is 5. The summed E-state index contributed by atoms with van der Waals surface area (Å²) in [5, 5.41) is 0. The van der Waals surface area contributed by atoms with Gasteiger partial charge in [-0.25, -0.2) is 0 Å². The summed E-state index contributed by atoms with van der Waals surface area (Å²) in [4.78, 5) is 16.7. The SMILES string of the molecule is NC(=C1CC1)c1ccc(/C=C/C2CCN(C(=O)CN3CCOCC3)CC2)cc1. The fourth-order valence-electron chi connectivity index (χ4n) is 3.95. The standard InChI is InChI=1S/C23H31N3O2/c24-23(21-7-8-21)20-5-3-18(4-6-20)1-2-19-9-11-26(12-10-19)22(27)17-25-13-15-28-16-14-25/h1-6,19H,7-17,24H2/b2-1+. The molecule has 5 nitrogen and oxygen atoms in total. The maximum absolute atomic E-state index is 12.5. The summed E-state index contributed by atoms with van der Waals surface area (Å²) in [6.45, 7) is 5.48. The predicted octanol–water partition coefficient (Wildman–Crippen LogP) is 2.73. The topological polar surface area (TPSA) is 58.8 Å². The molecule has 1 saturated carbocycles. The fraction of sp³-hybridized carbons (Fsp3) is 0.522. The van der Waals surface area contributed by atoms with Crippen LogP contribution in [0.3, 0.4) is 0 Å². The largest absolute Gasteiger partial charge is 0.398 e. The van der Waals surface area contributed by atoms with Crippen LogP contribution in [0, 0.1) is 5.92 Å². The van der Waals surface area contributed by atoms with Crippen molar-refractivity contribution in [2.24, 2.45) is 11.7 Å². The Morgan fingerprint density at radius 3 is 2.39 bits per heavy atom. The summed E-state index contributed by atoms with van der Waals surface area (Å²) in [6, 6.07) is 8.52. The zero-order valence-electron chi connectivity index (χ0n) is 16.6. The van der Waals surface area contributed by atoms with E-state index in [0.717, 1.165) is 76.3 Å². The van der Waals surface area contributed by atoms with Gasteiger partial charge in [0.25, 0.3) is 0 Å². The molecule has 0 radical (unpaired) electrons. The third-order valence-electron chi connectivity index (χ3n) is 6.02. The number of likely N-dealkylation sites (tertiary alicyclic amines) is 1. The number of nitrogens with zero attached hydrogens (tertiary/aromatic N) is 2. The van der Waals surface area contributed by atoms with Gasteiger partial charge in [-0.15, -0.1) is 0 Å². The van der Waals surface area contributed by atoms with Crippen molar-refractivity contribution in [1.29, 1.82) is 0 Å². The maximum Gasteiger partial charge on any atom is 0.236 e. The van der Waals surface area contributed by atoms with Gasteiger partial charge >= 0.3 is 0 Å². The van der Waals surface area contributed by atoms with Crippen molar-refractivity contribution in [3.05, 3.63) is 47.0 Å². The average molecular weight is 382 g/mol. The summed E-state index contributed by atoms with van der Waals surface area (Å²) in [6.07, 6.45) is 8.91. The van der Waals surface area contributed by atoms with Gasteiger partial charge < -0.3 is 15.4 Å². The number of hydrogen-bond acceptors (Lipinski definition) is 4. The van der Waals surface area contributed by atoms with Gasteiger partial charge in [-0.3, -0.25) is 9.69 Å². The highest BCUT2D eigenvalue weighted by molar-refractivity contribution is 5.78. The van der Waals surface area contributed by atoms with E-state index in [2.05, 4.69) is 41.3 Å². The van der Waals surface area contributed by atoms with Crippen LogP contribution in [0.25, 0.3) is 11.8 Å². The van der Waals surface area contributed by atoms with Crippen molar-refractivity contribution in [2.45, 2.75) is 25.7 Å². The van der Waals surface area contributed by atoms with Crippen LogP contribution in [0.1, 0.15) is 36.8 Å². The summed E-state index contributed by atoms with van der Waals surface area (Å²) < 4.78 is 5.35. The van der Waals surface area contributed by atoms with Gasteiger partial charge in [-0.2, -0.15) is 0 Å². The molecule has 150 valence electrons. The number of carbonyl (C=O) groups is 1. The molecule has 0 unspecified atom stereocenters. The maximum atomic E-state index is 12.5. The Hall–Kier alpha value is -2.11. The molecule has 0 atom stereocenters. The molecular formula is C23H31N3O2. The van der Waals surface area contributed by atoms with Gasteiger partial charge in [0.05, 0.1) is 19.8 Å². The molecule has 1 aliphatic carbocycles. The summed E-state index contributed by atoms with van der Waals surface area (Å²) in [5.41, 5.74) is 10.9. The van der Waals surface area contributed by atoms with Gasteiger partial charge in [0.15, 0.2) is 0 Å². The van der Waals surface area contributed by atoms with Gasteiger partial charge in [0.2, 0.25) is 5.91 Å². The molecule has 0 aromatic heterocycles. The van der Waals surface area contributed by atoms with E-state index in [1.165, 1.54) is 11.1 Å². The van der Waals surface area contributed by atoms with Crippen LogP contribution in [-0.2, 0) is 9.53 Å². The van der Waals surface area contributed by atoms with Crippen LogP contribution in [-0.4, -0.2) is 61.6 Å². The lowest BCUT2D eigenvalue weighted by molar-refractivity contribution is -0.134. The molecule has 2 aliphatic heterocycles. The van der Waals surface area contributed by atoms with Crippen molar-refractivity contribution in [3.63, 3.8) is 0 Å². The van der Waals surface area contributed by atoms with E-state index < -0.39 is 0 Å². The Morgan fingerprint density at radius 2 is 1.75 bits per heavy atom. The Balaban J connectivity index is 1.23. The van der Waals surface area contributed by atoms with Crippen LogP contribution in [0.4, 0.5) is 0 Å². The second-order valence-corrected chi connectivity index (χ2v) is 8.11. The van der Waals surface area contributed by atoms with Crippen LogP contribution >= 0.6 is 0 Å². The lowest BCUT2D eigenvalue weighted by atomic mass is 9.95. The van der Waals surface area contributed by atoms with Gasteiger partial charge in [0, 0.05) is 31.9 Å². The van der Waals surface area contributed by atoms with Crippen LogP contribution in [0.2, 0.25) is 0 Å². The molecule has 4 rings (SSSR count).